The highest BCUT2D eigenvalue weighted by Crippen LogP contribution is 2.29. The molecule has 1 aromatic heterocycles. The van der Waals surface area contributed by atoms with Crippen LogP contribution in [0, 0.1) is 5.82 Å². The maximum Gasteiger partial charge on any atom is 0.144 e. The molecule has 21 heavy (non-hydrogen) atoms. The van der Waals surface area contributed by atoms with Crippen LogP contribution in [-0.4, -0.2) is 29.6 Å². The molecule has 0 atom stereocenters. The Morgan fingerprint density at radius 1 is 1.43 bits per heavy atom. The number of benzene rings is 1. The maximum atomic E-state index is 13.8. The van der Waals surface area contributed by atoms with E-state index in [4.69, 9.17) is 16.3 Å². The average molecular weight is 331 g/mol. The third-order valence-electron chi connectivity index (χ3n) is 3.31. The van der Waals surface area contributed by atoms with E-state index in [1.807, 2.05) is 0 Å². The number of rotatable bonds is 6. The van der Waals surface area contributed by atoms with Crippen molar-refractivity contribution in [3.63, 3.8) is 0 Å². The van der Waals surface area contributed by atoms with Crippen LogP contribution in [0.2, 0.25) is 30.7 Å². The van der Waals surface area contributed by atoms with Crippen LogP contribution in [0.4, 0.5) is 4.39 Å². The zero-order valence-corrected chi connectivity index (χ0v) is 14.2. The van der Waals surface area contributed by atoms with E-state index >= 15 is 0 Å². The van der Waals surface area contributed by atoms with Crippen molar-refractivity contribution in [1.29, 1.82) is 0 Å². The van der Waals surface area contributed by atoms with Gasteiger partial charge in [0.15, 0.2) is 0 Å². The van der Waals surface area contributed by atoms with Gasteiger partial charge in [-0.15, -0.1) is 0 Å². The summed E-state index contributed by atoms with van der Waals surface area (Å²) in [5.74, 6) is -0.558. The lowest BCUT2D eigenvalue weighted by Crippen LogP contribution is -2.22. The number of halogens is 2. The van der Waals surface area contributed by atoms with E-state index in [9.17, 15) is 9.50 Å². The zero-order valence-electron chi connectivity index (χ0n) is 12.5. The first kappa shape index (κ1) is 16.4. The van der Waals surface area contributed by atoms with Crippen LogP contribution in [0.15, 0.2) is 12.3 Å². The van der Waals surface area contributed by atoms with Gasteiger partial charge in [0, 0.05) is 31.7 Å². The quantitative estimate of drug-likeness (QED) is 0.650. The minimum atomic E-state index is -1.13. The summed E-state index contributed by atoms with van der Waals surface area (Å²) in [4.78, 5) is 0. The van der Waals surface area contributed by atoms with Crippen LogP contribution in [0.3, 0.4) is 0 Å². The second-order valence-corrected chi connectivity index (χ2v) is 12.2. The molecule has 0 aliphatic rings. The molecule has 116 valence electrons. The molecule has 0 aliphatic carbocycles. The molecule has 1 aromatic carbocycles. The van der Waals surface area contributed by atoms with E-state index in [1.54, 1.807) is 10.9 Å². The summed E-state index contributed by atoms with van der Waals surface area (Å²) in [6.45, 7) is 7.45. The number of nitrogens with zero attached hydrogens (tertiary/aromatic N) is 2. The second-order valence-electron chi connectivity index (χ2n) is 6.23. The highest BCUT2D eigenvalue weighted by molar-refractivity contribution is 6.76. The molecular weight excluding hydrogens is 311 g/mol. The number of aliphatic hydroxyl groups is 1. The zero-order chi connectivity index (χ0) is 15.6. The highest BCUT2D eigenvalue weighted by Gasteiger charge is 2.16. The van der Waals surface area contributed by atoms with Gasteiger partial charge in [-0.2, -0.15) is 5.10 Å². The van der Waals surface area contributed by atoms with Gasteiger partial charge in [-0.3, -0.25) is 0 Å². The third kappa shape index (κ3) is 3.82. The molecule has 0 bridgehead atoms. The predicted octanol–water partition coefficient (Wildman–Crippen LogP) is 3.63. The summed E-state index contributed by atoms with van der Waals surface area (Å²) in [7, 11) is -1.13. The molecule has 0 fully saturated rings. The first-order chi connectivity index (χ1) is 9.83. The molecule has 1 heterocycles. The van der Waals surface area contributed by atoms with Crippen molar-refractivity contribution in [3.8, 4) is 0 Å². The molecule has 0 aliphatic heterocycles. The minimum absolute atomic E-state index is 0.0517. The Morgan fingerprint density at radius 2 is 2.14 bits per heavy atom. The molecule has 2 rings (SSSR count). The molecule has 7 heteroatoms. The molecule has 0 radical (unpaired) electrons. The van der Waals surface area contributed by atoms with Crippen LogP contribution < -0.4 is 0 Å². The minimum Gasteiger partial charge on any atom is -0.392 e. The van der Waals surface area contributed by atoms with Gasteiger partial charge in [0.05, 0.1) is 23.3 Å². The molecule has 0 unspecified atom stereocenters. The van der Waals surface area contributed by atoms with Gasteiger partial charge in [0.25, 0.3) is 0 Å². The fourth-order valence-corrected chi connectivity index (χ4v) is 2.99. The topological polar surface area (TPSA) is 47.3 Å². The van der Waals surface area contributed by atoms with Crippen molar-refractivity contribution < 1.29 is 14.2 Å². The second kappa shape index (κ2) is 6.44. The predicted molar refractivity (Wildman–Crippen MR) is 84.7 cm³/mol. The van der Waals surface area contributed by atoms with E-state index in [0.717, 1.165) is 6.04 Å². The van der Waals surface area contributed by atoms with Crippen molar-refractivity contribution in [1.82, 2.24) is 9.78 Å². The van der Waals surface area contributed by atoms with Gasteiger partial charge in [0.1, 0.15) is 12.5 Å². The van der Waals surface area contributed by atoms with Gasteiger partial charge >= 0.3 is 0 Å². The van der Waals surface area contributed by atoms with Crippen LogP contribution in [0.5, 0.6) is 0 Å². The molecule has 4 nitrogen and oxygen atoms in total. The van der Waals surface area contributed by atoms with Gasteiger partial charge in [-0.05, 0) is 6.04 Å². The van der Waals surface area contributed by atoms with Crippen molar-refractivity contribution in [2.24, 2.45) is 0 Å². The van der Waals surface area contributed by atoms with Gasteiger partial charge in [-0.1, -0.05) is 31.2 Å². The lowest BCUT2D eigenvalue weighted by atomic mass is 10.1. The molecule has 1 N–H and O–H groups in total. The van der Waals surface area contributed by atoms with Crippen LogP contribution in [0.1, 0.15) is 5.56 Å². The Kier molecular flexibility index (Phi) is 5.03. The van der Waals surface area contributed by atoms with E-state index in [-0.39, 0.29) is 18.4 Å². The number of aliphatic hydroxyl groups excluding tert-OH is 1. The smallest absolute Gasteiger partial charge is 0.144 e. The lowest BCUT2D eigenvalue weighted by Gasteiger charge is -2.15. The standard InChI is InChI=1S/C14H20ClFN2O2Si/c1-21(2,3)5-4-20-9-18-13-6-12(16)14(15)11(8-19)10(13)7-17-18/h6-7,19H,4-5,8-9H2,1-3H3. The molecule has 0 saturated heterocycles. The summed E-state index contributed by atoms with van der Waals surface area (Å²) >= 11 is 5.86. The van der Waals surface area contributed by atoms with Gasteiger partial charge in [-0.25, -0.2) is 9.07 Å². The normalized spacial score (nSPS) is 12.3. The summed E-state index contributed by atoms with van der Waals surface area (Å²) in [6.07, 6.45) is 1.58. The Hall–Kier alpha value is -0.953. The van der Waals surface area contributed by atoms with Crippen molar-refractivity contribution in [3.05, 3.63) is 28.7 Å². The summed E-state index contributed by atoms with van der Waals surface area (Å²) in [6, 6.07) is 2.39. The first-order valence-electron chi connectivity index (χ1n) is 6.84. The Balaban J connectivity index is 2.17. The monoisotopic (exact) mass is 330 g/mol. The highest BCUT2D eigenvalue weighted by atomic mass is 35.5. The van der Waals surface area contributed by atoms with E-state index in [1.165, 1.54) is 6.07 Å². The Labute approximate surface area is 129 Å². The number of hydrogen-bond acceptors (Lipinski definition) is 3. The first-order valence-corrected chi connectivity index (χ1v) is 10.9. The average Bonchev–Trinajstić information content (AvgIpc) is 2.78. The fraction of sp³-hybridized carbons (Fsp3) is 0.500. The Bertz CT molecular complexity index is 640. The number of ether oxygens (including phenoxy) is 1. The van der Waals surface area contributed by atoms with Crippen LogP contribution in [-0.2, 0) is 18.1 Å². The summed E-state index contributed by atoms with van der Waals surface area (Å²) in [5.41, 5.74) is 0.939. The molecule has 0 spiro atoms. The summed E-state index contributed by atoms with van der Waals surface area (Å²) < 4.78 is 21.0. The van der Waals surface area contributed by atoms with Crippen LogP contribution in [0.25, 0.3) is 10.9 Å². The molecule has 2 aromatic rings. The van der Waals surface area contributed by atoms with Crippen molar-refractivity contribution in [2.45, 2.75) is 39.0 Å². The fourth-order valence-electron chi connectivity index (χ4n) is 2.01. The third-order valence-corrected chi connectivity index (χ3v) is 5.42. The number of hydrogen-bond donors (Lipinski definition) is 1. The molecule has 0 amide bonds. The van der Waals surface area contributed by atoms with Gasteiger partial charge in [0.2, 0.25) is 0 Å². The van der Waals surface area contributed by atoms with E-state index in [0.29, 0.717) is 23.1 Å². The number of aromatic nitrogens is 2. The van der Waals surface area contributed by atoms with Crippen LogP contribution >= 0.6 is 11.6 Å². The molecule has 0 saturated carbocycles. The molecular formula is C14H20ClFN2O2Si. The van der Waals surface area contributed by atoms with Crippen molar-refractivity contribution >= 4 is 30.6 Å². The van der Waals surface area contributed by atoms with Crippen molar-refractivity contribution in [2.75, 3.05) is 6.61 Å². The Morgan fingerprint density at radius 3 is 2.76 bits per heavy atom. The lowest BCUT2D eigenvalue weighted by molar-refractivity contribution is 0.0816. The summed E-state index contributed by atoms with van der Waals surface area (Å²) in [5, 5.41) is 14.1. The van der Waals surface area contributed by atoms with Gasteiger partial charge < -0.3 is 9.84 Å². The SMILES string of the molecule is C[Si](C)(C)CCOCn1ncc2c(CO)c(Cl)c(F)cc21. The van der Waals surface area contributed by atoms with E-state index in [2.05, 4.69) is 24.7 Å². The number of fused-ring (bicyclic) bond motifs is 1. The largest absolute Gasteiger partial charge is 0.392 e. The van der Waals surface area contributed by atoms with E-state index < -0.39 is 13.9 Å². The maximum absolute atomic E-state index is 13.8.